The van der Waals surface area contributed by atoms with Gasteiger partial charge in [-0.1, -0.05) is 37.4 Å². The second-order valence-electron chi connectivity index (χ2n) is 8.18. The topological polar surface area (TPSA) is 112 Å². The highest BCUT2D eigenvalue weighted by Gasteiger charge is 2.60. The van der Waals surface area contributed by atoms with E-state index in [2.05, 4.69) is 18.0 Å². The maximum Gasteiger partial charge on any atom is 0.356 e. The summed E-state index contributed by atoms with van der Waals surface area (Å²) in [7, 11) is 0. The molecule has 8 nitrogen and oxygen atoms in total. The van der Waals surface area contributed by atoms with Gasteiger partial charge in [0.05, 0.1) is 30.4 Å². The fraction of sp³-hybridized carbons (Fsp3) is 0.500. The molecule has 0 radical (unpaired) electrons. The van der Waals surface area contributed by atoms with Gasteiger partial charge in [0, 0.05) is 28.8 Å². The normalized spacial score (nSPS) is 28.2. The Balaban J connectivity index is 1.61. The van der Waals surface area contributed by atoms with Crippen LogP contribution in [0.4, 0.5) is 0 Å². The number of aliphatic hydroxyl groups excluding tert-OH is 2. The lowest BCUT2D eigenvalue weighted by molar-refractivity contribution is -0.164. The van der Waals surface area contributed by atoms with Crippen LogP contribution in [-0.4, -0.2) is 69.9 Å². The molecule has 0 saturated carbocycles. The molecule has 0 aromatic carbocycles. The van der Waals surface area contributed by atoms with Crippen molar-refractivity contribution >= 4 is 40.5 Å². The molecule has 0 spiro atoms. The minimum atomic E-state index is -0.793. The van der Waals surface area contributed by atoms with Crippen LogP contribution in [0.25, 0.3) is 5.57 Å². The van der Waals surface area contributed by atoms with Crippen molar-refractivity contribution in [3.8, 4) is 0 Å². The summed E-state index contributed by atoms with van der Waals surface area (Å²) in [4.78, 5) is 32.5. The summed E-state index contributed by atoms with van der Waals surface area (Å²) in [6, 6.07) is -0.253. The highest BCUT2D eigenvalue weighted by molar-refractivity contribution is 8.04. The van der Waals surface area contributed by atoms with Crippen LogP contribution in [0.1, 0.15) is 26.0 Å². The number of thiazole rings is 1. The van der Waals surface area contributed by atoms with Crippen molar-refractivity contribution in [2.75, 3.05) is 19.8 Å². The van der Waals surface area contributed by atoms with E-state index in [4.69, 9.17) is 9.72 Å². The Morgan fingerprint density at radius 3 is 3.03 bits per heavy atom. The summed E-state index contributed by atoms with van der Waals surface area (Å²) in [5.41, 5.74) is 2.19. The number of ether oxygens (including phenoxy) is 1. The number of fused-ring (bicyclic) bond motifs is 1. The van der Waals surface area contributed by atoms with E-state index in [1.165, 1.54) is 34.1 Å². The van der Waals surface area contributed by atoms with Crippen molar-refractivity contribution in [2.45, 2.75) is 42.8 Å². The molecule has 1 aromatic rings. The minimum Gasteiger partial charge on any atom is -0.457 e. The molecule has 32 heavy (non-hydrogen) atoms. The smallest absolute Gasteiger partial charge is 0.356 e. The van der Waals surface area contributed by atoms with E-state index in [0.717, 1.165) is 20.5 Å². The number of esters is 1. The van der Waals surface area contributed by atoms with Gasteiger partial charge in [0.1, 0.15) is 12.3 Å². The lowest BCUT2D eigenvalue weighted by Crippen LogP contribution is -2.63. The van der Waals surface area contributed by atoms with Crippen LogP contribution in [0, 0.1) is 11.8 Å². The predicted molar refractivity (Wildman–Crippen MR) is 123 cm³/mol. The molecule has 5 atom stereocenters. The number of hydrogen-bond donors (Lipinski definition) is 3. The summed E-state index contributed by atoms with van der Waals surface area (Å²) in [6.07, 6.45) is 3.46. The third kappa shape index (κ3) is 4.06. The fourth-order valence-electron chi connectivity index (χ4n) is 4.50. The summed E-state index contributed by atoms with van der Waals surface area (Å²) >= 11 is 2.85. The van der Waals surface area contributed by atoms with E-state index < -0.39 is 18.0 Å². The molecule has 3 N–H and O–H groups in total. The van der Waals surface area contributed by atoms with Gasteiger partial charge in [-0.05, 0) is 18.9 Å². The third-order valence-electron chi connectivity index (χ3n) is 6.09. The minimum absolute atomic E-state index is 0.0171. The Morgan fingerprint density at radius 1 is 1.56 bits per heavy atom. The molecular formula is C22H27N3O5S2. The van der Waals surface area contributed by atoms with Crippen LogP contribution < -0.4 is 5.32 Å². The van der Waals surface area contributed by atoms with Gasteiger partial charge in [0.15, 0.2) is 4.34 Å². The number of hydrogen-bond acceptors (Lipinski definition) is 9. The molecule has 1 fully saturated rings. The molecule has 3 aliphatic heterocycles. The van der Waals surface area contributed by atoms with Crippen molar-refractivity contribution in [1.29, 1.82) is 0 Å². The first-order valence-electron chi connectivity index (χ1n) is 10.6. The Kier molecular flexibility index (Phi) is 6.87. The maximum atomic E-state index is 12.8. The number of carbonyl (C=O) groups is 2. The molecule has 1 aromatic heterocycles. The fourth-order valence-corrected chi connectivity index (χ4v) is 6.61. The molecule has 0 aliphatic carbocycles. The second kappa shape index (κ2) is 9.48. The quantitative estimate of drug-likeness (QED) is 0.295. The summed E-state index contributed by atoms with van der Waals surface area (Å²) in [5, 5.41) is 24.7. The lowest BCUT2D eigenvalue weighted by Gasteiger charge is -2.46. The van der Waals surface area contributed by atoms with Gasteiger partial charge in [0.25, 0.3) is 0 Å². The number of rotatable bonds is 8. The van der Waals surface area contributed by atoms with Crippen molar-refractivity contribution in [1.82, 2.24) is 15.2 Å². The van der Waals surface area contributed by atoms with Gasteiger partial charge in [-0.3, -0.25) is 4.79 Å². The molecule has 172 valence electrons. The third-order valence-corrected chi connectivity index (χ3v) is 8.31. The molecular weight excluding hydrogens is 450 g/mol. The van der Waals surface area contributed by atoms with Crippen molar-refractivity contribution in [3.63, 3.8) is 0 Å². The van der Waals surface area contributed by atoms with Crippen molar-refractivity contribution < 1.29 is 24.5 Å². The van der Waals surface area contributed by atoms with E-state index in [1.807, 2.05) is 12.3 Å². The van der Waals surface area contributed by atoms with Crippen LogP contribution in [0.5, 0.6) is 0 Å². The molecule has 0 bridgehead atoms. The SMILES string of the molecule is C=CCOC(=O)C1=C(Sc2nc(C3=CCN[C@@H](CO)C3)cs2)[C@H](C)[C@@H]2[C@@H]([C@@H](C)O)C(=O)N12. The number of aromatic nitrogens is 1. The van der Waals surface area contributed by atoms with Gasteiger partial charge in [-0.2, -0.15) is 0 Å². The van der Waals surface area contributed by atoms with E-state index in [1.54, 1.807) is 6.92 Å². The molecule has 1 amide bonds. The number of nitrogens with one attached hydrogen (secondary N) is 1. The average molecular weight is 478 g/mol. The maximum absolute atomic E-state index is 12.8. The zero-order valence-corrected chi connectivity index (χ0v) is 19.6. The zero-order valence-electron chi connectivity index (χ0n) is 18.0. The monoisotopic (exact) mass is 477 g/mol. The number of β-lactam (4-membered cyclic amide) rings is 1. The highest BCUT2D eigenvalue weighted by Crippen LogP contribution is 2.52. The Labute approximate surface area is 195 Å². The Bertz CT molecular complexity index is 986. The Morgan fingerprint density at radius 2 is 2.34 bits per heavy atom. The molecule has 3 aliphatic rings. The van der Waals surface area contributed by atoms with E-state index >= 15 is 0 Å². The van der Waals surface area contributed by atoms with Crippen LogP contribution in [0.15, 0.2) is 39.1 Å². The van der Waals surface area contributed by atoms with E-state index in [-0.39, 0.29) is 42.8 Å². The number of aliphatic hydroxyl groups is 2. The first-order chi connectivity index (χ1) is 15.4. The van der Waals surface area contributed by atoms with Crippen LogP contribution in [-0.2, 0) is 14.3 Å². The number of amides is 1. The van der Waals surface area contributed by atoms with Crippen molar-refractivity contribution in [3.05, 3.63) is 40.4 Å². The second-order valence-corrected chi connectivity index (χ2v) is 10.3. The van der Waals surface area contributed by atoms with Gasteiger partial charge in [-0.25, -0.2) is 9.78 Å². The summed E-state index contributed by atoms with van der Waals surface area (Å²) in [6.45, 7) is 7.94. The van der Waals surface area contributed by atoms with Crippen LogP contribution in [0.2, 0.25) is 0 Å². The molecule has 10 heteroatoms. The van der Waals surface area contributed by atoms with E-state index in [0.29, 0.717) is 13.0 Å². The van der Waals surface area contributed by atoms with Crippen molar-refractivity contribution in [2.24, 2.45) is 11.8 Å². The molecule has 4 rings (SSSR count). The first kappa shape index (κ1) is 23.2. The number of thioether (sulfide) groups is 1. The van der Waals surface area contributed by atoms with Crippen LogP contribution >= 0.6 is 23.1 Å². The molecule has 4 heterocycles. The predicted octanol–water partition coefficient (Wildman–Crippen LogP) is 1.77. The Hall–Kier alpha value is -1.98. The number of nitrogens with zero attached hydrogens (tertiary/aromatic N) is 2. The first-order valence-corrected chi connectivity index (χ1v) is 12.3. The standard InChI is InChI=1S/C22H27N3O5S2/c1-4-7-30-21(29)18-19(11(2)17-16(12(3)27)20(28)25(17)18)32-22-24-15(10-31-22)13-5-6-23-14(8-13)9-26/h4-5,10-12,14,16-17,23,26-27H,1,6-9H2,2-3H3/t11-,12-,14-,16-,17-/m1/s1. The molecule has 1 saturated heterocycles. The summed E-state index contributed by atoms with van der Waals surface area (Å²) in [5.74, 6) is -1.49. The van der Waals surface area contributed by atoms with Gasteiger partial charge in [0.2, 0.25) is 5.91 Å². The largest absolute Gasteiger partial charge is 0.457 e. The van der Waals surface area contributed by atoms with Crippen LogP contribution in [0.3, 0.4) is 0 Å². The highest BCUT2D eigenvalue weighted by atomic mass is 32.2. The lowest BCUT2D eigenvalue weighted by atomic mass is 9.79. The number of carbonyl (C=O) groups excluding carboxylic acids is 2. The average Bonchev–Trinajstić information content (AvgIpc) is 3.34. The zero-order chi connectivity index (χ0) is 23.0. The van der Waals surface area contributed by atoms with Gasteiger partial charge in [-0.15, -0.1) is 11.3 Å². The summed E-state index contributed by atoms with van der Waals surface area (Å²) < 4.78 is 6.03. The van der Waals surface area contributed by atoms with Gasteiger partial charge >= 0.3 is 5.97 Å². The van der Waals surface area contributed by atoms with E-state index in [9.17, 15) is 19.8 Å². The molecule has 0 unspecified atom stereocenters. The van der Waals surface area contributed by atoms with Gasteiger partial charge < -0.3 is 25.2 Å².